The topological polar surface area (TPSA) is 43.1 Å². The first kappa shape index (κ1) is 8.69. The normalized spacial score (nSPS) is 9.44. The third kappa shape index (κ3) is 7.69. The summed E-state index contributed by atoms with van der Waals surface area (Å²) in [6, 6.07) is 0. The lowest BCUT2D eigenvalue weighted by atomic mass is 10.2. The van der Waals surface area contributed by atoms with Gasteiger partial charge in [0.25, 0.3) is 0 Å². The van der Waals surface area contributed by atoms with Crippen molar-refractivity contribution in [2.75, 3.05) is 12.4 Å². The Morgan fingerprint density at radius 1 is 1.33 bits per heavy atom. The van der Waals surface area contributed by atoms with Crippen molar-refractivity contribution in [3.05, 3.63) is 10.1 Å². The summed E-state index contributed by atoms with van der Waals surface area (Å²) in [7, 11) is 0. The lowest BCUT2D eigenvalue weighted by Gasteiger charge is -1.90. The molecule has 0 bridgehead atoms. The van der Waals surface area contributed by atoms with E-state index in [1.807, 2.05) is 0 Å². The van der Waals surface area contributed by atoms with Gasteiger partial charge in [0.15, 0.2) is 0 Å². The Morgan fingerprint density at radius 3 is 2.44 bits per heavy atom. The SMILES string of the molecule is O=[N+]([O-])CCCCCCl. The zero-order valence-electron chi connectivity index (χ0n) is 5.18. The highest BCUT2D eigenvalue weighted by atomic mass is 35.5. The van der Waals surface area contributed by atoms with Crippen LogP contribution in [0.4, 0.5) is 0 Å². The van der Waals surface area contributed by atoms with Gasteiger partial charge >= 0.3 is 0 Å². The Labute approximate surface area is 59.2 Å². The molecule has 0 saturated heterocycles. The summed E-state index contributed by atoms with van der Waals surface area (Å²) in [4.78, 5) is 9.44. The molecule has 0 aliphatic heterocycles. The van der Waals surface area contributed by atoms with Crippen molar-refractivity contribution in [1.29, 1.82) is 0 Å². The van der Waals surface area contributed by atoms with E-state index >= 15 is 0 Å². The lowest BCUT2D eigenvalue weighted by molar-refractivity contribution is -0.480. The van der Waals surface area contributed by atoms with Gasteiger partial charge in [0.05, 0.1) is 0 Å². The first-order chi connectivity index (χ1) is 4.27. The van der Waals surface area contributed by atoms with Gasteiger partial charge in [-0.05, 0) is 12.8 Å². The molecule has 0 amide bonds. The van der Waals surface area contributed by atoms with Crippen molar-refractivity contribution in [1.82, 2.24) is 0 Å². The van der Waals surface area contributed by atoms with Crippen molar-refractivity contribution >= 4 is 11.6 Å². The molecule has 0 unspecified atom stereocenters. The molecule has 0 atom stereocenters. The first-order valence-corrected chi connectivity index (χ1v) is 3.48. The lowest BCUT2D eigenvalue weighted by Crippen LogP contribution is -1.99. The summed E-state index contributed by atoms with van der Waals surface area (Å²) in [5, 5.41) is 9.74. The Hall–Kier alpha value is -0.310. The van der Waals surface area contributed by atoms with Crippen LogP contribution in [0.25, 0.3) is 0 Å². The first-order valence-electron chi connectivity index (χ1n) is 2.95. The Morgan fingerprint density at radius 2 is 2.00 bits per heavy atom. The summed E-state index contributed by atoms with van der Waals surface area (Å²) in [5.74, 6) is 0.609. The number of hydrogen-bond acceptors (Lipinski definition) is 2. The molecule has 0 aromatic carbocycles. The highest BCUT2D eigenvalue weighted by Gasteiger charge is 1.94. The predicted molar refractivity (Wildman–Crippen MR) is 36.4 cm³/mol. The molecule has 9 heavy (non-hydrogen) atoms. The van der Waals surface area contributed by atoms with Crippen molar-refractivity contribution < 1.29 is 4.92 Å². The number of halogens is 1. The fourth-order valence-electron chi connectivity index (χ4n) is 0.512. The molecule has 4 heteroatoms. The van der Waals surface area contributed by atoms with Crippen molar-refractivity contribution in [2.24, 2.45) is 0 Å². The maximum absolute atomic E-state index is 9.74. The van der Waals surface area contributed by atoms with Gasteiger partial charge < -0.3 is 0 Å². The molecule has 0 saturated carbocycles. The van der Waals surface area contributed by atoms with E-state index in [9.17, 15) is 10.1 Å². The van der Waals surface area contributed by atoms with E-state index in [4.69, 9.17) is 11.6 Å². The summed E-state index contributed by atoms with van der Waals surface area (Å²) >= 11 is 5.35. The Balaban J connectivity index is 2.83. The molecule has 0 aromatic heterocycles. The molecule has 0 radical (unpaired) electrons. The van der Waals surface area contributed by atoms with Crippen LogP contribution in [-0.2, 0) is 0 Å². The number of nitro groups is 1. The molecule has 0 aliphatic carbocycles. The second kappa shape index (κ2) is 5.82. The number of unbranched alkanes of at least 4 members (excludes halogenated alkanes) is 2. The second-order valence-electron chi connectivity index (χ2n) is 1.81. The number of rotatable bonds is 5. The minimum Gasteiger partial charge on any atom is -0.265 e. The highest BCUT2D eigenvalue weighted by Crippen LogP contribution is 1.96. The molecular formula is C5H10ClNO2. The Kier molecular flexibility index (Phi) is 5.62. The number of nitrogens with zero attached hydrogens (tertiary/aromatic N) is 1. The molecule has 0 heterocycles. The second-order valence-corrected chi connectivity index (χ2v) is 2.18. The third-order valence-corrected chi connectivity index (χ3v) is 1.24. The van der Waals surface area contributed by atoms with Gasteiger partial charge in [-0.15, -0.1) is 11.6 Å². The standard InChI is InChI=1S/C5H10ClNO2/c6-4-2-1-3-5-7(8)9/h1-5H2. The quantitative estimate of drug-likeness (QED) is 0.260. The van der Waals surface area contributed by atoms with Crippen LogP contribution >= 0.6 is 11.6 Å². The molecule has 0 aliphatic rings. The zero-order chi connectivity index (χ0) is 7.11. The predicted octanol–water partition coefficient (Wildman–Crippen LogP) is 1.67. The summed E-state index contributed by atoms with van der Waals surface area (Å²) in [6.07, 6.45) is 2.40. The van der Waals surface area contributed by atoms with E-state index in [1.54, 1.807) is 0 Å². The smallest absolute Gasteiger partial charge is 0.203 e. The molecule has 0 rings (SSSR count). The van der Waals surface area contributed by atoms with Gasteiger partial charge in [-0.1, -0.05) is 0 Å². The molecule has 0 fully saturated rings. The maximum atomic E-state index is 9.74. The number of hydrogen-bond donors (Lipinski definition) is 0. The van der Waals surface area contributed by atoms with Gasteiger partial charge in [0, 0.05) is 17.2 Å². The van der Waals surface area contributed by atoms with Crippen molar-refractivity contribution in [3.63, 3.8) is 0 Å². The van der Waals surface area contributed by atoms with E-state index < -0.39 is 0 Å². The van der Waals surface area contributed by atoms with E-state index in [0.717, 1.165) is 12.8 Å². The van der Waals surface area contributed by atoms with Crippen LogP contribution in [0.3, 0.4) is 0 Å². The molecular weight excluding hydrogens is 142 g/mol. The summed E-state index contributed by atoms with van der Waals surface area (Å²) < 4.78 is 0. The van der Waals surface area contributed by atoms with Crippen LogP contribution < -0.4 is 0 Å². The fraction of sp³-hybridized carbons (Fsp3) is 1.00. The van der Waals surface area contributed by atoms with E-state index in [2.05, 4.69) is 0 Å². The molecule has 0 aromatic rings. The van der Waals surface area contributed by atoms with Crippen LogP contribution in [0.1, 0.15) is 19.3 Å². The van der Waals surface area contributed by atoms with Crippen LogP contribution in [0.2, 0.25) is 0 Å². The third-order valence-electron chi connectivity index (χ3n) is 0.974. The minimum absolute atomic E-state index is 0.0802. The molecule has 3 nitrogen and oxygen atoms in total. The summed E-state index contributed by atoms with van der Waals surface area (Å²) in [6.45, 7) is 0.0802. The Bertz CT molecular complexity index is 87.0. The average molecular weight is 152 g/mol. The van der Waals surface area contributed by atoms with Gasteiger partial charge in [-0.25, -0.2) is 0 Å². The van der Waals surface area contributed by atoms with E-state index in [1.165, 1.54) is 0 Å². The fourth-order valence-corrected chi connectivity index (χ4v) is 0.701. The van der Waals surface area contributed by atoms with Crippen LogP contribution in [0.5, 0.6) is 0 Å². The van der Waals surface area contributed by atoms with E-state index in [-0.39, 0.29) is 11.5 Å². The summed E-state index contributed by atoms with van der Waals surface area (Å²) in [5.41, 5.74) is 0. The monoisotopic (exact) mass is 151 g/mol. The van der Waals surface area contributed by atoms with Gasteiger partial charge in [0.2, 0.25) is 6.54 Å². The molecule has 0 spiro atoms. The molecule has 54 valence electrons. The zero-order valence-corrected chi connectivity index (χ0v) is 5.93. The minimum atomic E-state index is -0.297. The van der Waals surface area contributed by atoms with Gasteiger partial charge in [-0.2, -0.15) is 0 Å². The highest BCUT2D eigenvalue weighted by molar-refractivity contribution is 6.17. The van der Waals surface area contributed by atoms with Crippen molar-refractivity contribution in [3.8, 4) is 0 Å². The number of alkyl halides is 1. The van der Waals surface area contributed by atoms with Crippen LogP contribution in [0, 0.1) is 10.1 Å². The largest absolute Gasteiger partial charge is 0.265 e. The van der Waals surface area contributed by atoms with Gasteiger partial charge in [-0.3, -0.25) is 10.1 Å². The average Bonchev–Trinajstić information content (AvgIpc) is 1.80. The maximum Gasteiger partial charge on any atom is 0.203 e. The van der Waals surface area contributed by atoms with Crippen molar-refractivity contribution in [2.45, 2.75) is 19.3 Å². The van der Waals surface area contributed by atoms with Gasteiger partial charge in [0.1, 0.15) is 0 Å². The van der Waals surface area contributed by atoms with Crippen LogP contribution in [0.15, 0.2) is 0 Å². The van der Waals surface area contributed by atoms with E-state index in [0.29, 0.717) is 12.3 Å². The van der Waals surface area contributed by atoms with Crippen LogP contribution in [-0.4, -0.2) is 17.3 Å². The molecule has 0 N–H and O–H groups in total.